The maximum absolute atomic E-state index is 10.6. The number of hydrogen-bond acceptors (Lipinski definition) is 3. The summed E-state index contributed by atoms with van der Waals surface area (Å²) in [5.41, 5.74) is 0. The van der Waals surface area contributed by atoms with Crippen molar-refractivity contribution in [1.82, 2.24) is 9.55 Å². The molecule has 0 spiro atoms. The summed E-state index contributed by atoms with van der Waals surface area (Å²) >= 11 is 5.78. The summed E-state index contributed by atoms with van der Waals surface area (Å²) < 4.78 is 1.57. The number of hydrogen-bond donors (Lipinski definition) is 0. The van der Waals surface area contributed by atoms with Crippen LogP contribution in [-0.4, -0.2) is 19.9 Å². The van der Waals surface area contributed by atoms with Gasteiger partial charge in [-0.05, 0) is 11.8 Å². The Morgan fingerprint density at radius 2 is 2.43 bits per heavy atom. The Hall–Kier alpha value is -1.10. The highest BCUT2D eigenvalue weighted by molar-refractivity contribution is 6.20. The lowest BCUT2D eigenvalue weighted by Crippen LogP contribution is -2.07. The first-order valence-corrected chi connectivity index (χ1v) is 4.76. The first-order valence-electron chi connectivity index (χ1n) is 4.33. The van der Waals surface area contributed by atoms with Gasteiger partial charge in [0.1, 0.15) is 6.20 Å². The quantitative estimate of drug-likeness (QED) is 0.441. The van der Waals surface area contributed by atoms with Crippen LogP contribution < -0.4 is 0 Å². The molecule has 1 unspecified atom stereocenters. The zero-order chi connectivity index (χ0) is 10.7. The molecule has 0 aliphatic rings. The molecular formula is C8H12ClN3O2. The van der Waals surface area contributed by atoms with Gasteiger partial charge in [0, 0.05) is 18.7 Å². The molecule has 0 N–H and O–H groups in total. The van der Waals surface area contributed by atoms with E-state index in [-0.39, 0.29) is 11.2 Å². The zero-order valence-corrected chi connectivity index (χ0v) is 8.86. The topological polar surface area (TPSA) is 61.0 Å². The monoisotopic (exact) mass is 217 g/mol. The van der Waals surface area contributed by atoms with Crippen LogP contribution in [0.25, 0.3) is 0 Å². The second kappa shape index (κ2) is 4.41. The van der Waals surface area contributed by atoms with Crippen molar-refractivity contribution in [2.75, 3.05) is 0 Å². The zero-order valence-electron chi connectivity index (χ0n) is 8.11. The first-order chi connectivity index (χ1) is 6.52. The highest BCUT2D eigenvalue weighted by Gasteiger charge is 2.17. The Bertz CT molecular complexity index is 335. The third-order valence-electron chi connectivity index (χ3n) is 1.97. The molecule has 0 aliphatic carbocycles. The van der Waals surface area contributed by atoms with E-state index in [1.54, 1.807) is 11.5 Å². The van der Waals surface area contributed by atoms with Gasteiger partial charge in [-0.25, -0.2) is 9.55 Å². The molecule has 1 atom stereocenters. The van der Waals surface area contributed by atoms with Crippen LogP contribution in [-0.2, 0) is 6.54 Å². The fraction of sp³-hybridized carbons (Fsp3) is 0.625. The van der Waals surface area contributed by atoms with Crippen LogP contribution in [0.1, 0.15) is 19.2 Å². The lowest BCUT2D eigenvalue weighted by molar-refractivity contribution is -0.392. The average molecular weight is 218 g/mol. The van der Waals surface area contributed by atoms with Gasteiger partial charge in [0.2, 0.25) is 0 Å². The smallest absolute Gasteiger partial charge is 0.342 e. The van der Waals surface area contributed by atoms with Gasteiger partial charge in [0.05, 0.1) is 6.54 Å². The average Bonchev–Trinajstić information content (AvgIpc) is 2.43. The normalized spacial score (nSPS) is 12.8. The Kier molecular flexibility index (Phi) is 3.46. The standard InChI is InChI=1S/C8H12ClN3O2/c1-6(9)3-4-11-7(2)10-5-8(11)12(13)14/h5-6H,3-4H2,1-2H3. The van der Waals surface area contributed by atoms with Gasteiger partial charge in [-0.2, -0.15) is 0 Å². The van der Waals surface area contributed by atoms with Crippen molar-refractivity contribution in [3.8, 4) is 0 Å². The van der Waals surface area contributed by atoms with E-state index in [4.69, 9.17) is 11.6 Å². The number of alkyl halides is 1. The van der Waals surface area contributed by atoms with Gasteiger partial charge in [-0.1, -0.05) is 0 Å². The van der Waals surface area contributed by atoms with Crippen molar-refractivity contribution in [3.63, 3.8) is 0 Å². The van der Waals surface area contributed by atoms with E-state index in [1.165, 1.54) is 6.20 Å². The minimum atomic E-state index is -0.432. The van der Waals surface area contributed by atoms with E-state index in [0.29, 0.717) is 18.8 Å². The number of aromatic nitrogens is 2. The van der Waals surface area contributed by atoms with Crippen LogP contribution in [0, 0.1) is 17.0 Å². The number of nitro groups is 1. The molecule has 6 heteroatoms. The van der Waals surface area contributed by atoms with E-state index in [2.05, 4.69) is 4.98 Å². The Morgan fingerprint density at radius 3 is 2.93 bits per heavy atom. The van der Waals surface area contributed by atoms with Crippen LogP contribution in [0.5, 0.6) is 0 Å². The van der Waals surface area contributed by atoms with Crippen LogP contribution in [0.4, 0.5) is 5.82 Å². The highest BCUT2D eigenvalue weighted by atomic mass is 35.5. The summed E-state index contributed by atoms with van der Waals surface area (Å²) in [5.74, 6) is 0.675. The Morgan fingerprint density at radius 1 is 1.79 bits per heavy atom. The molecule has 0 saturated carbocycles. The maximum Gasteiger partial charge on any atom is 0.342 e. The lowest BCUT2D eigenvalue weighted by Gasteiger charge is -2.03. The lowest BCUT2D eigenvalue weighted by atomic mass is 10.3. The van der Waals surface area contributed by atoms with Crippen molar-refractivity contribution < 1.29 is 4.92 Å². The number of imidazole rings is 1. The van der Waals surface area contributed by atoms with Crippen LogP contribution in [0.15, 0.2) is 6.20 Å². The van der Waals surface area contributed by atoms with Crippen LogP contribution >= 0.6 is 11.6 Å². The maximum atomic E-state index is 10.6. The molecule has 0 amide bonds. The molecule has 0 aromatic carbocycles. The van der Waals surface area contributed by atoms with E-state index in [1.807, 2.05) is 6.92 Å². The highest BCUT2D eigenvalue weighted by Crippen LogP contribution is 2.15. The third-order valence-corrected chi connectivity index (χ3v) is 2.19. The van der Waals surface area contributed by atoms with E-state index < -0.39 is 4.92 Å². The Balaban J connectivity index is 2.83. The molecule has 1 heterocycles. The number of nitrogens with zero attached hydrogens (tertiary/aromatic N) is 3. The van der Waals surface area contributed by atoms with Crippen molar-refractivity contribution in [1.29, 1.82) is 0 Å². The predicted octanol–water partition coefficient (Wildman–Crippen LogP) is 2.12. The molecular weight excluding hydrogens is 206 g/mol. The molecule has 0 bridgehead atoms. The molecule has 1 aromatic heterocycles. The fourth-order valence-corrected chi connectivity index (χ4v) is 1.28. The molecule has 1 aromatic rings. The van der Waals surface area contributed by atoms with Crippen LogP contribution in [0.3, 0.4) is 0 Å². The van der Waals surface area contributed by atoms with Gasteiger partial charge in [0.25, 0.3) is 0 Å². The summed E-state index contributed by atoms with van der Waals surface area (Å²) in [6, 6.07) is 0. The van der Waals surface area contributed by atoms with Crippen molar-refractivity contribution in [2.45, 2.75) is 32.2 Å². The SMILES string of the molecule is Cc1ncc([N+](=O)[O-])n1CCC(C)Cl. The molecule has 14 heavy (non-hydrogen) atoms. The second-order valence-electron chi connectivity index (χ2n) is 3.14. The largest absolute Gasteiger partial charge is 0.358 e. The van der Waals surface area contributed by atoms with E-state index in [9.17, 15) is 10.1 Å². The summed E-state index contributed by atoms with van der Waals surface area (Å²) in [6.45, 7) is 4.14. The second-order valence-corrected chi connectivity index (χ2v) is 3.89. The van der Waals surface area contributed by atoms with Gasteiger partial charge in [-0.3, -0.25) is 0 Å². The predicted molar refractivity (Wildman–Crippen MR) is 53.6 cm³/mol. The number of halogens is 1. The first kappa shape index (κ1) is 11.0. The van der Waals surface area contributed by atoms with Gasteiger partial charge < -0.3 is 10.1 Å². The minimum absolute atomic E-state index is 0.0106. The van der Waals surface area contributed by atoms with Crippen molar-refractivity contribution in [2.24, 2.45) is 0 Å². The molecule has 0 saturated heterocycles. The van der Waals surface area contributed by atoms with Gasteiger partial charge in [0.15, 0.2) is 5.82 Å². The third kappa shape index (κ3) is 2.45. The minimum Gasteiger partial charge on any atom is -0.358 e. The summed E-state index contributed by atoms with van der Waals surface area (Å²) in [5, 5.41) is 10.6. The van der Waals surface area contributed by atoms with E-state index in [0.717, 1.165) is 0 Å². The van der Waals surface area contributed by atoms with Crippen LogP contribution in [0.2, 0.25) is 0 Å². The summed E-state index contributed by atoms with van der Waals surface area (Å²) in [6.07, 6.45) is 1.97. The van der Waals surface area contributed by atoms with E-state index >= 15 is 0 Å². The van der Waals surface area contributed by atoms with Crippen molar-refractivity contribution >= 4 is 17.4 Å². The molecule has 0 radical (unpaired) electrons. The summed E-state index contributed by atoms with van der Waals surface area (Å²) in [4.78, 5) is 14.1. The van der Waals surface area contributed by atoms with Gasteiger partial charge in [-0.15, -0.1) is 11.6 Å². The number of rotatable bonds is 4. The molecule has 0 fully saturated rings. The molecule has 5 nitrogen and oxygen atoms in total. The summed E-state index contributed by atoms with van der Waals surface area (Å²) in [7, 11) is 0. The Labute approximate surface area is 86.9 Å². The molecule has 1 rings (SSSR count). The van der Waals surface area contributed by atoms with Gasteiger partial charge >= 0.3 is 5.82 Å². The molecule has 78 valence electrons. The molecule has 0 aliphatic heterocycles. The van der Waals surface area contributed by atoms with Crippen molar-refractivity contribution in [3.05, 3.63) is 22.1 Å². The number of aryl methyl sites for hydroxylation is 1. The fourth-order valence-electron chi connectivity index (χ4n) is 1.19.